The van der Waals surface area contributed by atoms with E-state index in [4.69, 9.17) is 5.11 Å². The zero-order valence-corrected chi connectivity index (χ0v) is 13.5. The first-order chi connectivity index (χ1) is 11.0. The molecule has 2 N–H and O–H groups in total. The molecule has 3 rings (SSSR count). The van der Waals surface area contributed by atoms with Crippen LogP contribution in [0.4, 0.5) is 0 Å². The van der Waals surface area contributed by atoms with E-state index in [1.807, 2.05) is 19.2 Å². The van der Waals surface area contributed by atoms with Crippen molar-refractivity contribution >= 4 is 11.9 Å². The maximum Gasteiger partial charge on any atom is 0.306 e. The van der Waals surface area contributed by atoms with E-state index in [1.165, 1.54) is 11.1 Å². The highest BCUT2D eigenvalue weighted by atomic mass is 16.4. The Bertz CT molecular complexity index is 594. The van der Waals surface area contributed by atoms with Crippen molar-refractivity contribution in [1.29, 1.82) is 0 Å². The molecule has 0 bridgehead atoms. The van der Waals surface area contributed by atoms with Crippen molar-refractivity contribution in [1.82, 2.24) is 10.2 Å². The normalized spacial score (nSPS) is 28.0. The van der Waals surface area contributed by atoms with Gasteiger partial charge in [-0.25, -0.2) is 0 Å². The Hall–Kier alpha value is -1.88. The van der Waals surface area contributed by atoms with E-state index >= 15 is 0 Å². The van der Waals surface area contributed by atoms with Crippen molar-refractivity contribution in [3.8, 4) is 0 Å². The molecule has 0 unspecified atom stereocenters. The van der Waals surface area contributed by atoms with Crippen molar-refractivity contribution < 1.29 is 14.7 Å². The van der Waals surface area contributed by atoms with E-state index < -0.39 is 5.97 Å². The quantitative estimate of drug-likeness (QED) is 0.892. The number of carboxylic acid groups (broad SMARTS) is 1. The number of nitrogens with one attached hydrogen (secondary N) is 1. The minimum absolute atomic E-state index is 0.0702. The van der Waals surface area contributed by atoms with Crippen LogP contribution in [-0.4, -0.2) is 41.0 Å². The Morgan fingerprint density at radius 1 is 1.13 bits per heavy atom. The second-order valence-electron chi connectivity index (χ2n) is 6.80. The van der Waals surface area contributed by atoms with Crippen LogP contribution in [0.5, 0.6) is 0 Å². The highest BCUT2D eigenvalue weighted by molar-refractivity contribution is 5.82. The summed E-state index contributed by atoms with van der Waals surface area (Å²) in [6, 6.07) is 8.25. The Kier molecular flexibility index (Phi) is 4.66. The van der Waals surface area contributed by atoms with Crippen molar-refractivity contribution in [2.24, 2.45) is 5.92 Å². The van der Waals surface area contributed by atoms with Crippen molar-refractivity contribution in [2.75, 3.05) is 7.05 Å². The predicted molar refractivity (Wildman–Crippen MR) is 86.9 cm³/mol. The van der Waals surface area contributed by atoms with Gasteiger partial charge in [-0.2, -0.15) is 0 Å². The van der Waals surface area contributed by atoms with E-state index in [0.29, 0.717) is 12.8 Å². The maximum atomic E-state index is 12.6. The lowest BCUT2D eigenvalue weighted by atomic mass is 9.86. The van der Waals surface area contributed by atoms with Crippen LogP contribution >= 0.6 is 0 Å². The number of likely N-dealkylation sites (N-methyl/N-ethyl adjacent to an activating group) is 1. The summed E-state index contributed by atoms with van der Waals surface area (Å²) in [6.45, 7) is 0.792. The van der Waals surface area contributed by atoms with Gasteiger partial charge in [-0.3, -0.25) is 14.5 Å². The number of carboxylic acids is 1. The number of fused-ring (bicyclic) bond motifs is 1. The summed E-state index contributed by atoms with van der Waals surface area (Å²) in [4.78, 5) is 25.7. The first-order valence-corrected chi connectivity index (χ1v) is 8.35. The number of rotatable bonds is 3. The Morgan fingerprint density at radius 3 is 2.43 bits per heavy atom. The predicted octanol–water partition coefficient (Wildman–Crippen LogP) is 1.80. The standard InChI is InChI=1S/C18H24N2O3/c1-20-11-14-5-3-2-4-13(14)10-16(20)17(21)19-15-8-6-12(7-9-15)18(22)23/h2-5,12,15-16H,6-11H2,1H3,(H,19,21)(H,22,23)/t12?,15?,16-/m0/s1. The van der Waals surface area contributed by atoms with Gasteiger partial charge in [0, 0.05) is 12.6 Å². The van der Waals surface area contributed by atoms with Gasteiger partial charge in [0.25, 0.3) is 0 Å². The summed E-state index contributed by atoms with van der Waals surface area (Å²) >= 11 is 0. The molecule has 1 heterocycles. The molecule has 124 valence electrons. The zero-order chi connectivity index (χ0) is 16.4. The molecule has 23 heavy (non-hydrogen) atoms. The maximum absolute atomic E-state index is 12.6. The molecule has 1 aliphatic heterocycles. The van der Waals surface area contributed by atoms with E-state index in [-0.39, 0.29) is 23.9 Å². The molecule has 1 atom stereocenters. The summed E-state index contributed by atoms with van der Waals surface area (Å²) in [6.07, 6.45) is 3.57. The van der Waals surface area contributed by atoms with Crippen LogP contribution in [-0.2, 0) is 22.6 Å². The molecule has 1 saturated carbocycles. The third-order valence-corrected chi connectivity index (χ3v) is 5.21. The molecule has 0 aromatic heterocycles. The molecule has 0 spiro atoms. The monoisotopic (exact) mass is 316 g/mol. The van der Waals surface area contributed by atoms with Gasteiger partial charge in [0.2, 0.25) is 5.91 Å². The fourth-order valence-electron chi connectivity index (χ4n) is 3.73. The van der Waals surface area contributed by atoms with Crippen molar-refractivity contribution in [2.45, 2.75) is 50.7 Å². The van der Waals surface area contributed by atoms with E-state index in [0.717, 1.165) is 25.8 Å². The van der Waals surface area contributed by atoms with E-state index in [9.17, 15) is 9.59 Å². The highest BCUT2D eigenvalue weighted by Gasteiger charge is 2.32. The molecule has 5 heteroatoms. The molecule has 2 aliphatic rings. The van der Waals surface area contributed by atoms with Crippen molar-refractivity contribution in [3.63, 3.8) is 0 Å². The Morgan fingerprint density at radius 2 is 1.78 bits per heavy atom. The highest BCUT2D eigenvalue weighted by Crippen LogP contribution is 2.26. The molecule has 1 aliphatic carbocycles. The van der Waals surface area contributed by atoms with Gasteiger partial charge in [-0.15, -0.1) is 0 Å². The number of nitrogens with zero attached hydrogens (tertiary/aromatic N) is 1. The lowest BCUT2D eigenvalue weighted by Crippen LogP contribution is -2.51. The number of aliphatic carboxylic acids is 1. The zero-order valence-electron chi connectivity index (χ0n) is 13.5. The molecule has 5 nitrogen and oxygen atoms in total. The third-order valence-electron chi connectivity index (χ3n) is 5.21. The van der Waals surface area contributed by atoms with Gasteiger partial charge in [0.1, 0.15) is 0 Å². The Labute approximate surface area is 136 Å². The molecule has 1 aromatic carbocycles. The molecule has 0 radical (unpaired) electrons. The largest absolute Gasteiger partial charge is 0.481 e. The minimum atomic E-state index is -0.710. The minimum Gasteiger partial charge on any atom is -0.481 e. The second-order valence-corrected chi connectivity index (χ2v) is 6.80. The van der Waals surface area contributed by atoms with Crippen LogP contribution in [0.15, 0.2) is 24.3 Å². The summed E-state index contributed by atoms with van der Waals surface area (Å²) in [7, 11) is 1.99. The first-order valence-electron chi connectivity index (χ1n) is 8.35. The number of carbonyl (C=O) groups is 2. The van der Waals surface area contributed by atoms with Gasteiger partial charge in [0.15, 0.2) is 0 Å². The fourth-order valence-corrected chi connectivity index (χ4v) is 3.73. The van der Waals surface area contributed by atoms with Gasteiger partial charge >= 0.3 is 5.97 Å². The van der Waals surface area contributed by atoms with Crippen LogP contribution in [0.2, 0.25) is 0 Å². The summed E-state index contributed by atoms with van der Waals surface area (Å²) in [5.41, 5.74) is 2.54. The number of carbonyl (C=O) groups excluding carboxylic acids is 1. The summed E-state index contributed by atoms with van der Waals surface area (Å²) < 4.78 is 0. The van der Waals surface area contributed by atoms with Crippen LogP contribution in [0.1, 0.15) is 36.8 Å². The number of hydrogen-bond donors (Lipinski definition) is 2. The average Bonchev–Trinajstić information content (AvgIpc) is 2.54. The number of amides is 1. The molecule has 1 fully saturated rings. The summed E-state index contributed by atoms with van der Waals surface area (Å²) in [5, 5.41) is 12.2. The fraction of sp³-hybridized carbons (Fsp3) is 0.556. The van der Waals surface area contributed by atoms with E-state index in [1.54, 1.807) is 0 Å². The van der Waals surface area contributed by atoms with Crippen LogP contribution in [0.3, 0.4) is 0 Å². The van der Waals surface area contributed by atoms with Gasteiger partial charge < -0.3 is 10.4 Å². The lowest BCUT2D eigenvalue weighted by molar-refractivity contribution is -0.142. The van der Waals surface area contributed by atoms with Crippen molar-refractivity contribution in [3.05, 3.63) is 35.4 Å². The smallest absolute Gasteiger partial charge is 0.306 e. The van der Waals surface area contributed by atoms with Crippen LogP contribution < -0.4 is 5.32 Å². The van der Waals surface area contributed by atoms with Gasteiger partial charge in [-0.1, -0.05) is 24.3 Å². The first kappa shape index (κ1) is 16.0. The van der Waals surface area contributed by atoms with Gasteiger partial charge in [0.05, 0.1) is 12.0 Å². The summed E-state index contributed by atoms with van der Waals surface area (Å²) in [5.74, 6) is -0.883. The topological polar surface area (TPSA) is 69.6 Å². The number of hydrogen-bond acceptors (Lipinski definition) is 3. The molecule has 1 aromatic rings. The SMILES string of the molecule is CN1Cc2ccccc2C[C@H]1C(=O)NC1CCC(C(=O)O)CC1. The van der Waals surface area contributed by atoms with E-state index in [2.05, 4.69) is 22.3 Å². The van der Waals surface area contributed by atoms with Crippen LogP contribution in [0.25, 0.3) is 0 Å². The average molecular weight is 316 g/mol. The van der Waals surface area contributed by atoms with Crippen LogP contribution in [0, 0.1) is 5.92 Å². The molecular formula is C18H24N2O3. The number of benzene rings is 1. The molecule has 1 amide bonds. The Balaban J connectivity index is 1.58. The molecular weight excluding hydrogens is 292 g/mol. The molecule has 0 saturated heterocycles. The second kappa shape index (κ2) is 6.71. The van der Waals surface area contributed by atoms with Gasteiger partial charge in [-0.05, 0) is 50.3 Å². The lowest BCUT2D eigenvalue weighted by Gasteiger charge is -2.35. The third kappa shape index (κ3) is 3.55.